The first kappa shape index (κ1) is 15.2. The molecule has 23 heavy (non-hydrogen) atoms. The van der Waals surface area contributed by atoms with Gasteiger partial charge >= 0.3 is 5.97 Å². The summed E-state index contributed by atoms with van der Waals surface area (Å²) < 4.78 is 12.6. The Morgan fingerprint density at radius 2 is 2.09 bits per heavy atom. The molecule has 1 fully saturated rings. The van der Waals surface area contributed by atoms with E-state index in [-0.39, 0.29) is 17.3 Å². The van der Waals surface area contributed by atoms with Gasteiger partial charge in [0.05, 0.1) is 29.4 Å². The monoisotopic (exact) mass is 317 g/mol. The Kier molecular flexibility index (Phi) is 4.07. The predicted molar refractivity (Wildman–Crippen MR) is 79.1 cm³/mol. The summed E-state index contributed by atoms with van der Waals surface area (Å²) >= 11 is 0. The second-order valence-electron chi connectivity index (χ2n) is 5.29. The highest BCUT2D eigenvalue weighted by Gasteiger charge is 2.33. The minimum absolute atomic E-state index is 0.0735. The van der Waals surface area contributed by atoms with Crippen LogP contribution >= 0.6 is 0 Å². The number of benzene rings is 1. The average Bonchev–Trinajstić information content (AvgIpc) is 3.16. The van der Waals surface area contributed by atoms with Gasteiger partial charge in [0.2, 0.25) is 0 Å². The second kappa shape index (κ2) is 6.17. The Hall–Kier alpha value is -2.74. The van der Waals surface area contributed by atoms with Gasteiger partial charge in [-0.15, -0.1) is 0 Å². The van der Waals surface area contributed by atoms with E-state index in [9.17, 15) is 14.9 Å². The molecule has 0 radical (unpaired) electrons. The number of ether oxygens (including phenoxy) is 2. The SMILES string of the molecule is Cc1ccn([C@H]2COC[C@H]2OC(=O)c2ccc([N+](=O)[O-])cc2)n1. The third kappa shape index (κ3) is 3.21. The standard InChI is InChI=1S/C15H15N3O5/c1-10-6-7-17(16-10)13-8-22-9-14(13)23-15(19)11-2-4-12(5-3-11)18(20)21/h2-7,13-14H,8-9H2,1H3/t13-,14+/m0/s1. The molecular weight excluding hydrogens is 302 g/mol. The van der Waals surface area contributed by atoms with Crippen LogP contribution in [0.15, 0.2) is 36.5 Å². The lowest BCUT2D eigenvalue weighted by Gasteiger charge is -2.18. The van der Waals surface area contributed by atoms with Crippen molar-refractivity contribution in [3.63, 3.8) is 0 Å². The van der Waals surface area contributed by atoms with Gasteiger partial charge in [-0.2, -0.15) is 5.10 Å². The largest absolute Gasteiger partial charge is 0.454 e. The third-order valence-electron chi connectivity index (χ3n) is 3.65. The van der Waals surface area contributed by atoms with Crippen molar-refractivity contribution in [2.45, 2.75) is 19.1 Å². The summed E-state index contributed by atoms with van der Waals surface area (Å²) in [5, 5.41) is 15.0. The van der Waals surface area contributed by atoms with Crippen molar-refractivity contribution < 1.29 is 19.2 Å². The van der Waals surface area contributed by atoms with E-state index in [0.29, 0.717) is 13.2 Å². The number of nitro benzene ring substituents is 1. The molecule has 8 heteroatoms. The van der Waals surface area contributed by atoms with Crippen LogP contribution in [0.3, 0.4) is 0 Å². The maximum atomic E-state index is 12.2. The Morgan fingerprint density at radius 1 is 1.35 bits per heavy atom. The maximum absolute atomic E-state index is 12.2. The summed E-state index contributed by atoms with van der Waals surface area (Å²) in [6.07, 6.45) is 1.37. The van der Waals surface area contributed by atoms with E-state index in [4.69, 9.17) is 9.47 Å². The molecule has 1 aromatic carbocycles. The van der Waals surface area contributed by atoms with Crippen LogP contribution in [-0.4, -0.2) is 40.0 Å². The fourth-order valence-corrected chi connectivity index (χ4v) is 2.43. The van der Waals surface area contributed by atoms with Gasteiger partial charge < -0.3 is 9.47 Å². The van der Waals surface area contributed by atoms with Crippen LogP contribution in [0.2, 0.25) is 0 Å². The zero-order valence-corrected chi connectivity index (χ0v) is 12.4. The molecule has 1 saturated heterocycles. The fourth-order valence-electron chi connectivity index (χ4n) is 2.43. The number of aromatic nitrogens is 2. The number of nitrogens with zero attached hydrogens (tertiary/aromatic N) is 3. The van der Waals surface area contributed by atoms with Gasteiger partial charge in [-0.1, -0.05) is 0 Å². The highest BCUT2D eigenvalue weighted by molar-refractivity contribution is 5.89. The highest BCUT2D eigenvalue weighted by atomic mass is 16.6. The minimum Gasteiger partial charge on any atom is -0.454 e. The number of nitro groups is 1. The molecule has 0 bridgehead atoms. The van der Waals surface area contributed by atoms with Gasteiger partial charge in [0.25, 0.3) is 5.69 Å². The smallest absolute Gasteiger partial charge is 0.338 e. The first-order chi connectivity index (χ1) is 11.0. The summed E-state index contributed by atoms with van der Waals surface area (Å²) in [4.78, 5) is 22.3. The number of carbonyl (C=O) groups excluding carboxylic acids is 1. The van der Waals surface area contributed by atoms with Crippen LogP contribution in [-0.2, 0) is 9.47 Å². The van der Waals surface area contributed by atoms with Crippen molar-refractivity contribution in [2.75, 3.05) is 13.2 Å². The Morgan fingerprint density at radius 3 is 2.70 bits per heavy atom. The molecule has 0 aliphatic carbocycles. The predicted octanol–water partition coefficient (Wildman–Crippen LogP) is 1.90. The number of non-ortho nitro benzene ring substituents is 1. The van der Waals surface area contributed by atoms with Crippen LogP contribution < -0.4 is 0 Å². The number of rotatable bonds is 4. The summed E-state index contributed by atoms with van der Waals surface area (Å²) in [7, 11) is 0. The van der Waals surface area contributed by atoms with Crippen LogP contribution in [0.4, 0.5) is 5.69 Å². The van der Waals surface area contributed by atoms with E-state index in [1.807, 2.05) is 19.2 Å². The van der Waals surface area contributed by atoms with Gasteiger partial charge in [-0.25, -0.2) is 4.79 Å². The van der Waals surface area contributed by atoms with Crippen molar-refractivity contribution in [1.82, 2.24) is 9.78 Å². The van der Waals surface area contributed by atoms with Crippen LogP contribution in [0.1, 0.15) is 22.1 Å². The zero-order chi connectivity index (χ0) is 16.4. The highest BCUT2D eigenvalue weighted by Crippen LogP contribution is 2.23. The zero-order valence-electron chi connectivity index (χ0n) is 12.4. The molecule has 8 nitrogen and oxygen atoms in total. The average molecular weight is 317 g/mol. The van der Waals surface area contributed by atoms with Crippen molar-refractivity contribution in [2.24, 2.45) is 0 Å². The Balaban J connectivity index is 1.70. The number of carbonyl (C=O) groups is 1. The van der Waals surface area contributed by atoms with E-state index < -0.39 is 17.0 Å². The molecule has 2 atom stereocenters. The molecule has 1 aliphatic heterocycles. The molecule has 0 N–H and O–H groups in total. The molecule has 0 amide bonds. The van der Waals surface area contributed by atoms with E-state index in [1.54, 1.807) is 4.68 Å². The molecule has 0 spiro atoms. The lowest BCUT2D eigenvalue weighted by Crippen LogP contribution is -2.28. The first-order valence-corrected chi connectivity index (χ1v) is 7.09. The van der Waals surface area contributed by atoms with Gasteiger partial charge in [-0.3, -0.25) is 14.8 Å². The topological polar surface area (TPSA) is 96.5 Å². The molecular formula is C15H15N3O5. The van der Waals surface area contributed by atoms with Gasteiger partial charge in [0.1, 0.15) is 12.1 Å². The van der Waals surface area contributed by atoms with Crippen LogP contribution in [0.25, 0.3) is 0 Å². The number of hydrogen-bond donors (Lipinski definition) is 0. The fraction of sp³-hybridized carbons (Fsp3) is 0.333. The third-order valence-corrected chi connectivity index (χ3v) is 3.65. The number of esters is 1. The molecule has 3 rings (SSSR count). The van der Waals surface area contributed by atoms with Crippen LogP contribution in [0, 0.1) is 17.0 Å². The van der Waals surface area contributed by atoms with Gasteiger partial charge in [0, 0.05) is 18.3 Å². The summed E-state index contributed by atoms with van der Waals surface area (Å²) in [6, 6.07) is 7.00. The molecule has 0 unspecified atom stereocenters. The van der Waals surface area contributed by atoms with E-state index in [0.717, 1.165) is 5.69 Å². The van der Waals surface area contributed by atoms with Gasteiger partial charge in [-0.05, 0) is 25.1 Å². The van der Waals surface area contributed by atoms with Crippen LogP contribution in [0.5, 0.6) is 0 Å². The molecule has 2 aromatic rings. The summed E-state index contributed by atoms with van der Waals surface area (Å²) in [6.45, 7) is 2.59. The number of hydrogen-bond acceptors (Lipinski definition) is 6. The van der Waals surface area contributed by atoms with Crippen molar-refractivity contribution in [3.05, 3.63) is 57.9 Å². The van der Waals surface area contributed by atoms with Crippen molar-refractivity contribution >= 4 is 11.7 Å². The van der Waals surface area contributed by atoms with Crippen molar-refractivity contribution in [3.8, 4) is 0 Å². The summed E-state index contributed by atoms with van der Waals surface area (Å²) in [5.41, 5.74) is 1.06. The Bertz CT molecular complexity index is 725. The normalized spacial score (nSPS) is 20.4. The quantitative estimate of drug-likeness (QED) is 0.485. The molecule has 2 heterocycles. The van der Waals surface area contributed by atoms with E-state index >= 15 is 0 Å². The number of aryl methyl sites for hydroxylation is 1. The first-order valence-electron chi connectivity index (χ1n) is 7.09. The molecule has 1 aromatic heterocycles. The van der Waals surface area contributed by atoms with E-state index in [1.165, 1.54) is 24.3 Å². The maximum Gasteiger partial charge on any atom is 0.338 e. The summed E-state index contributed by atoms with van der Waals surface area (Å²) in [5.74, 6) is -0.538. The second-order valence-corrected chi connectivity index (χ2v) is 5.29. The lowest BCUT2D eigenvalue weighted by atomic mass is 10.2. The molecule has 1 aliphatic rings. The molecule has 120 valence electrons. The molecule has 0 saturated carbocycles. The lowest BCUT2D eigenvalue weighted by molar-refractivity contribution is -0.384. The van der Waals surface area contributed by atoms with E-state index in [2.05, 4.69) is 5.10 Å². The van der Waals surface area contributed by atoms with Crippen molar-refractivity contribution in [1.29, 1.82) is 0 Å². The minimum atomic E-state index is -0.538. The van der Waals surface area contributed by atoms with Gasteiger partial charge in [0.15, 0.2) is 0 Å². The Labute approximate surface area is 131 Å².